The van der Waals surface area contributed by atoms with Crippen LogP contribution in [0.5, 0.6) is 11.5 Å². The van der Waals surface area contributed by atoms with E-state index in [4.69, 9.17) is 14.2 Å². The molecule has 0 spiro atoms. The lowest BCUT2D eigenvalue weighted by atomic mass is 10.0. The van der Waals surface area contributed by atoms with Crippen LogP contribution >= 0.6 is 0 Å². The molecule has 0 unspecified atom stereocenters. The first-order valence-electron chi connectivity index (χ1n) is 6.01. The topological polar surface area (TPSA) is 48.0 Å². The molecule has 0 amide bonds. The number of hydrogen-bond donors (Lipinski definition) is 0. The summed E-state index contributed by atoms with van der Waals surface area (Å²) in [5.74, 6) is 0.773. The molecule has 0 N–H and O–H groups in total. The lowest BCUT2D eigenvalue weighted by Crippen LogP contribution is -2.17. The average Bonchev–Trinajstić information content (AvgIpc) is 2.42. The van der Waals surface area contributed by atoms with Gasteiger partial charge in [-0.3, -0.25) is 0 Å². The van der Waals surface area contributed by atoms with Crippen molar-refractivity contribution >= 4 is 5.97 Å². The summed E-state index contributed by atoms with van der Waals surface area (Å²) in [7, 11) is 8.45. The first kappa shape index (κ1) is 15.3. The van der Waals surface area contributed by atoms with Gasteiger partial charge in [0.2, 0.25) is 0 Å². The number of nitrogens with zero attached hydrogens (tertiary/aromatic N) is 1. The standard InChI is InChI=1S/C14H21NO4/c1-15(2)7-6-10-8-12(17-3)13(18-4)9-11(10)14(16)19-5/h8-9H,6-7H2,1-5H3. The number of rotatable bonds is 6. The molecule has 19 heavy (non-hydrogen) atoms. The van der Waals surface area contributed by atoms with Gasteiger partial charge in [-0.05, 0) is 38.2 Å². The molecule has 5 heteroatoms. The van der Waals surface area contributed by atoms with Gasteiger partial charge in [-0.15, -0.1) is 0 Å². The van der Waals surface area contributed by atoms with Crippen LogP contribution in [0.2, 0.25) is 0 Å². The van der Waals surface area contributed by atoms with Gasteiger partial charge in [0.15, 0.2) is 11.5 Å². The number of carbonyl (C=O) groups excluding carboxylic acids is 1. The molecule has 5 nitrogen and oxygen atoms in total. The van der Waals surface area contributed by atoms with E-state index in [0.717, 1.165) is 18.5 Å². The first-order valence-corrected chi connectivity index (χ1v) is 6.01. The van der Waals surface area contributed by atoms with Crippen molar-refractivity contribution in [2.24, 2.45) is 0 Å². The number of carbonyl (C=O) groups is 1. The van der Waals surface area contributed by atoms with E-state index >= 15 is 0 Å². The summed E-state index contributed by atoms with van der Waals surface area (Å²) >= 11 is 0. The van der Waals surface area contributed by atoms with Crippen LogP contribution in [0.3, 0.4) is 0 Å². The van der Waals surface area contributed by atoms with Crippen LogP contribution in [0, 0.1) is 0 Å². The average molecular weight is 267 g/mol. The van der Waals surface area contributed by atoms with Crippen LogP contribution < -0.4 is 9.47 Å². The highest BCUT2D eigenvalue weighted by Crippen LogP contribution is 2.31. The summed E-state index contributed by atoms with van der Waals surface area (Å²) in [5, 5.41) is 0. The smallest absolute Gasteiger partial charge is 0.338 e. The summed E-state index contributed by atoms with van der Waals surface area (Å²) in [6.07, 6.45) is 0.734. The molecule has 0 fully saturated rings. The van der Waals surface area contributed by atoms with Crippen molar-refractivity contribution in [1.82, 2.24) is 4.90 Å². The third-order valence-corrected chi connectivity index (χ3v) is 2.84. The molecule has 1 aromatic rings. The van der Waals surface area contributed by atoms with Crippen LogP contribution in [-0.4, -0.2) is 52.8 Å². The van der Waals surface area contributed by atoms with Crippen molar-refractivity contribution in [2.75, 3.05) is 42.0 Å². The van der Waals surface area contributed by atoms with Gasteiger partial charge in [0, 0.05) is 6.54 Å². The Bertz CT molecular complexity index is 443. The van der Waals surface area contributed by atoms with E-state index in [9.17, 15) is 4.79 Å². The summed E-state index contributed by atoms with van der Waals surface area (Å²) in [4.78, 5) is 13.9. The zero-order valence-electron chi connectivity index (χ0n) is 12.1. The van der Waals surface area contributed by atoms with Gasteiger partial charge in [0.25, 0.3) is 0 Å². The van der Waals surface area contributed by atoms with Crippen LogP contribution in [0.4, 0.5) is 0 Å². The Morgan fingerprint density at radius 3 is 2.16 bits per heavy atom. The zero-order valence-corrected chi connectivity index (χ0v) is 12.1. The maximum atomic E-state index is 11.8. The summed E-state index contributed by atoms with van der Waals surface area (Å²) < 4.78 is 15.3. The van der Waals surface area contributed by atoms with Crippen molar-refractivity contribution in [3.05, 3.63) is 23.3 Å². The predicted octanol–water partition coefficient (Wildman–Crippen LogP) is 1.59. The molecule has 0 aliphatic heterocycles. The number of esters is 1. The second-order valence-electron chi connectivity index (χ2n) is 4.41. The molecule has 0 radical (unpaired) electrons. The minimum Gasteiger partial charge on any atom is -0.493 e. The maximum absolute atomic E-state index is 11.8. The summed E-state index contributed by atoms with van der Waals surface area (Å²) in [5.41, 5.74) is 1.40. The second-order valence-corrected chi connectivity index (χ2v) is 4.41. The highest BCUT2D eigenvalue weighted by Gasteiger charge is 2.17. The largest absolute Gasteiger partial charge is 0.493 e. The maximum Gasteiger partial charge on any atom is 0.338 e. The third kappa shape index (κ3) is 3.86. The van der Waals surface area contributed by atoms with E-state index in [1.807, 2.05) is 20.2 Å². The molecule has 1 aromatic carbocycles. The third-order valence-electron chi connectivity index (χ3n) is 2.84. The molecule has 0 bridgehead atoms. The molecular weight excluding hydrogens is 246 g/mol. The Morgan fingerprint density at radius 2 is 1.68 bits per heavy atom. The van der Waals surface area contributed by atoms with Gasteiger partial charge in [0.1, 0.15) is 0 Å². The van der Waals surface area contributed by atoms with Crippen molar-refractivity contribution in [3.8, 4) is 11.5 Å². The van der Waals surface area contributed by atoms with Crippen molar-refractivity contribution in [2.45, 2.75) is 6.42 Å². The van der Waals surface area contributed by atoms with Gasteiger partial charge in [-0.2, -0.15) is 0 Å². The molecule has 0 atom stereocenters. The van der Waals surface area contributed by atoms with E-state index in [1.165, 1.54) is 7.11 Å². The minimum atomic E-state index is -0.366. The molecule has 0 saturated heterocycles. The molecule has 0 heterocycles. The fourth-order valence-electron chi connectivity index (χ4n) is 1.77. The van der Waals surface area contributed by atoms with Gasteiger partial charge in [-0.1, -0.05) is 0 Å². The Hall–Kier alpha value is -1.75. The second kappa shape index (κ2) is 6.99. The molecular formula is C14H21NO4. The molecule has 0 aliphatic carbocycles. The van der Waals surface area contributed by atoms with Crippen molar-refractivity contribution in [1.29, 1.82) is 0 Å². The Kier molecular flexibility index (Phi) is 5.63. The molecule has 0 aliphatic rings. The molecule has 1 rings (SSSR count). The summed E-state index contributed by atoms with van der Waals surface area (Å²) in [6.45, 7) is 0.833. The van der Waals surface area contributed by atoms with Crippen LogP contribution in [0.25, 0.3) is 0 Å². The zero-order chi connectivity index (χ0) is 14.4. The normalized spacial score (nSPS) is 10.4. The Morgan fingerprint density at radius 1 is 1.11 bits per heavy atom. The van der Waals surface area contributed by atoms with Gasteiger partial charge in [-0.25, -0.2) is 4.79 Å². The van der Waals surface area contributed by atoms with E-state index in [1.54, 1.807) is 20.3 Å². The minimum absolute atomic E-state index is 0.366. The SMILES string of the molecule is COC(=O)c1cc(OC)c(OC)cc1CCN(C)C. The van der Waals surface area contributed by atoms with E-state index < -0.39 is 0 Å². The van der Waals surface area contributed by atoms with Crippen molar-refractivity contribution in [3.63, 3.8) is 0 Å². The molecule has 0 aromatic heterocycles. The molecule has 106 valence electrons. The summed E-state index contributed by atoms with van der Waals surface area (Å²) in [6, 6.07) is 3.49. The Balaban J connectivity index is 3.19. The monoisotopic (exact) mass is 267 g/mol. The van der Waals surface area contributed by atoms with E-state index in [0.29, 0.717) is 17.1 Å². The Labute approximate surface area is 114 Å². The number of hydrogen-bond acceptors (Lipinski definition) is 5. The predicted molar refractivity (Wildman–Crippen MR) is 73.1 cm³/mol. The fourth-order valence-corrected chi connectivity index (χ4v) is 1.77. The number of ether oxygens (including phenoxy) is 3. The quantitative estimate of drug-likeness (QED) is 0.733. The van der Waals surface area contributed by atoms with Crippen molar-refractivity contribution < 1.29 is 19.0 Å². The van der Waals surface area contributed by atoms with Crippen LogP contribution in [0.15, 0.2) is 12.1 Å². The fraction of sp³-hybridized carbons (Fsp3) is 0.500. The lowest BCUT2D eigenvalue weighted by molar-refractivity contribution is 0.0599. The van der Waals surface area contributed by atoms with Gasteiger partial charge >= 0.3 is 5.97 Å². The van der Waals surface area contributed by atoms with E-state index in [-0.39, 0.29) is 5.97 Å². The number of methoxy groups -OCH3 is 3. The number of likely N-dealkylation sites (N-methyl/N-ethyl adjacent to an activating group) is 1. The van der Waals surface area contributed by atoms with E-state index in [2.05, 4.69) is 4.90 Å². The van der Waals surface area contributed by atoms with Crippen LogP contribution in [0.1, 0.15) is 15.9 Å². The highest BCUT2D eigenvalue weighted by molar-refractivity contribution is 5.92. The first-order chi connectivity index (χ1) is 9.03. The highest BCUT2D eigenvalue weighted by atomic mass is 16.5. The number of benzene rings is 1. The van der Waals surface area contributed by atoms with Gasteiger partial charge < -0.3 is 19.1 Å². The lowest BCUT2D eigenvalue weighted by Gasteiger charge is -2.15. The molecule has 0 saturated carbocycles. The van der Waals surface area contributed by atoms with Crippen LogP contribution in [-0.2, 0) is 11.2 Å². The van der Waals surface area contributed by atoms with Gasteiger partial charge in [0.05, 0.1) is 26.9 Å².